The van der Waals surface area contributed by atoms with Crippen molar-refractivity contribution in [2.45, 2.75) is 57.0 Å². The lowest BCUT2D eigenvalue weighted by Crippen LogP contribution is -2.52. The van der Waals surface area contributed by atoms with Crippen LogP contribution in [0.1, 0.15) is 49.7 Å². The number of likely N-dealkylation sites (tertiary alicyclic amines) is 1. The molecule has 1 aromatic heterocycles. The molecule has 0 radical (unpaired) electrons. The van der Waals surface area contributed by atoms with Crippen molar-refractivity contribution in [2.24, 2.45) is 22.7 Å². The summed E-state index contributed by atoms with van der Waals surface area (Å²) in [5.74, 6) is 1.04. The van der Waals surface area contributed by atoms with Crippen molar-refractivity contribution in [1.29, 1.82) is 0 Å². The molecule has 1 aromatic carbocycles. The third-order valence-electron chi connectivity index (χ3n) is 8.33. The topological polar surface area (TPSA) is 66.8 Å². The van der Waals surface area contributed by atoms with Gasteiger partial charge in [0.25, 0.3) is 0 Å². The summed E-state index contributed by atoms with van der Waals surface area (Å²) in [6.45, 7) is 4.78. The maximum atomic E-state index is 13.9. The predicted octanol–water partition coefficient (Wildman–Crippen LogP) is 3.75. The van der Waals surface area contributed by atoms with Crippen LogP contribution in [0.5, 0.6) is 0 Å². The number of hydrogen-bond acceptors (Lipinski definition) is 5. The van der Waals surface area contributed by atoms with E-state index >= 15 is 0 Å². The minimum Gasteiger partial charge on any atom is -0.325 e. The summed E-state index contributed by atoms with van der Waals surface area (Å²) in [6.07, 6.45) is 7.15. The van der Waals surface area contributed by atoms with E-state index in [4.69, 9.17) is 9.73 Å². The minimum absolute atomic E-state index is 0.0636. The van der Waals surface area contributed by atoms with Crippen molar-refractivity contribution >= 4 is 11.6 Å². The summed E-state index contributed by atoms with van der Waals surface area (Å²) < 4.78 is 6.90. The summed E-state index contributed by atoms with van der Waals surface area (Å²) in [5.41, 5.74) is 2.69. The van der Waals surface area contributed by atoms with Gasteiger partial charge in [0.2, 0.25) is 5.91 Å². The van der Waals surface area contributed by atoms with Gasteiger partial charge in [-0.1, -0.05) is 43.3 Å². The monoisotopic (exact) mass is 444 g/mol. The Bertz CT molecular complexity index is 1040. The summed E-state index contributed by atoms with van der Waals surface area (Å²) >= 11 is 0. The Balaban J connectivity index is 1.40. The zero-order valence-corrected chi connectivity index (χ0v) is 19.2. The minimum atomic E-state index is -0.717. The van der Waals surface area contributed by atoms with Gasteiger partial charge >= 0.3 is 0 Å². The number of carbonyl (C=O) groups is 1. The fourth-order valence-electron chi connectivity index (χ4n) is 6.44. The van der Waals surface area contributed by atoms with Gasteiger partial charge in [-0.25, -0.2) is 0 Å². The molecule has 0 unspecified atom stereocenters. The van der Waals surface area contributed by atoms with E-state index < -0.39 is 5.72 Å². The summed E-state index contributed by atoms with van der Waals surface area (Å²) in [6, 6.07) is 14.6. The number of ether oxygens (including phenoxy) is 1. The van der Waals surface area contributed by atoms with Crippen LogP contribution in [0.4, 0.5) is 0 Å². The summed E-state index contributed by atoms with van der Waals surface area (Å²) in [4.78, 5) is 25.4. The molecule has 1 amide bonds. The second-order valence-corrected chi connectivity index (χ2v) is 10.1. The molecule has 6 rings (SSSR count). The van der Waals surface area contributed by atoms with Crippen LogP contribution in [0.2, 0.25) is 0 Å². The quantitative estimate of drug-likeness (QED) is 0.780. The van der Waals surface area contributed by atoms with Crippen LogP contribution in [-0.2, 0) is 16.1 Å². The van der Waals surface area contributed by atoms with Crippen molar-refractivity contribution in [3.05, 3.63) is 66.0 Å². The predicted molar refractivity (Wildman–Crippen MR) is 126 cm³/mol. The van der Waals surface area contributed by atoms with Crippen LogP contribution in [0.3, 0.4) is 0 Å². The van der Waals surface area contributed by atoms with Gasteiger partial charge in [0.1, 0.15) is 0 Å². The first-order valence-electron chi connectivity index (χ1n) is 12.4. The maximum absolute atomic E-state index is 13.9. The Kier molecular flexibility index (Phi) is 5.30. The number of carbonyl (C=O) groups excluding carboxylic acids is 1. The lowest BCUT2D eigenvalue weighted by Gasteiger charge is -2.38. The molecule has 1 spiro atoms. The Morgan fingerprint density at radius 3 is 2.70 bits per heavy atom. The molecule has 5 atom stereocenters. The van der Waals surface area contributed by atoms with Gasteiger partial charge in [-0.3, -0.25) is 14.8 Å². The van der Waals surface area contributed by atoms with Crippen molar-refractivity contribution < 1.29 is 9.53 Å². The van der Waals surface area contributed by atoms with Gasteiger partial charge in [-0.2, -0.15) is 0 Å². The second kappa shape index (κ2) is 8.33. The third kappa shape index (κ3) is 3.51. The van der Waals surface area contributed by atoms with Crippen LogP contribution in [0.25, 0.3) is 0 Å². The number of nitrogens with one attached hydrogen (secondary N) is 1. The fraction of sp³-hybridized carbons (Fsp3) is 0.519. The standard InChI is InChI=1S/C27H32N4O2/c1-18-22(20-7-3-2-4-8-20)14-24-27(33-25(30-24)21-9-12-28-13-10-21)15-23(18)26(32)31(27)17-19-6-5-11-29-16-19/h2-8,11,16,18,21-23,25,28H,9-10,12-15,17H2,1H3/t18-,22+,23+,25-,27+/m1/s1. The van der Waals surface area contributed by atoms with E-state index in [1.54, 1.807) is 6.20 Å². The zero-order valence-electron chi connectivity index (χ0n) is 19.2. The average molecular weight is 445 g/mol. The number of rotatable bonds is 4. The molecule has 172 valence electrons. The molecule has 6 heteroatoms. The largest absolute Gasteiger partial charge is 0.325 e. The molecule has 3 fully saturated rings. The van der Waals surface area contributed by atoms with E-state index in [0.717, 1.165) is 43.6 Å². The van der Waals surface area contributed by atoms with Crippen LogP contribution in [0.15, 0.2) is 59.9 Å². The Morgan fingerprint density at radius 2 is 1.94 bits per heavy atom. The number of pyridine rings is 1. The Hall–Kier alpha value is -2.57. The number of nitrogens with zero attached hydrogens (tertiary/aromatic N) is 3. The molecule has 33 heavy (non-hydrogen) atoms. The highest BCUT2D eigenvalue weighted by Gasteiger charge is 2.62. The normalized spacial score (nSPS) is 34.2. The molecule has 1 saturated carbocycles. The molecule has 2 bridgehead atoms. The molecular weight excluding hydrogens is 412 g/mol. The van der Waals surface area contributed by atoms with E-state index in [9.17, 15) is 4.79 Å². The van der Waals surface area contributed by atoms with Gasteiger partial charge in [0, 0.05) is 30.7 Å². The van der Waals surface area contributed by atoms with E-state index in [2.05, 4.69) is 47.6 Å². The summed E-state index contributed by atoms with van der Waals surface area (Å²) in [5, 5.41) is 3.45. The number of fused-ring (bicyclic) bond motifs is 1. The van der Waals surface area contributed by atoms with E-state index in [1.807, 2.05) is 23.2 Å². The van der Waals surface area contributed by atoms with Gasteiger partial charge in [-0.15, -0.1) is 0 Å². The second-order valence-electron chi connectivity index (χ2n) is 10.1. The molecule has 3 aliphatic heterocycles. The first kappa shape index (κ1) is 21.0. The van der Waals surface area contributed by atoms with Crippen molar-refractivity contribution in [3.63, 3.8) is 0 Å². The highest BCUT2D eigenvalue weighted by molar-refractivity contribution is 6.01. The van der Waals surface area contributed by atoms with E-state index in [-0.39, 0.29) is 29.9 Å². The van der Waals surface area contributed by atoms with Crippen LogP contribution in [0, 0.1) is 17.8 Å². The molecule has 2 aromatic rings. The van der Waals surface area contributed by atoms with Crippen molar-refractivity contribution in [1.82, 2.24) is 15.2 Å². The Morgan fingerprint density at radius 1 is 1.12 bits per heavy atom. The summed E-state index contributed by atoms with van der Waals surface area (Å²) in [7, 11) is 0. The molecule has 6 nitrogen and oxygen atoms in total. The van der Waals surface area contributed by atoms with Gasteiger partial charge in [0.05, 0.1) is 12.3 Å². The number of amides is 1. The number of piperidine rings is 1. The van der Waals surface area contributed by atoms with Crippen LogP contribution in [-0.4, -0.2) is 46.5 Å². The van der Waals surface area contributed by atoms with E-state index in [1.165, 1.54) is 5.56 Å². The lowest BCUT2D eigenvalue weighted by atomic mass is 9.78. The maximum Gasteiger partial charge on any atom is 0.229 e. The SMILES string of the molecule is C[C@H]1[C@@H]2C[C@@]3(O[C@H](C4CCNCC4)N=C3C[C@@H]1c1ccccc1)N(Cc1cccnc1)C2=O. The number of benzene rings is 1. The Labute approximate surface area is 195 Å². The van der Waals surface area contributed by atoms with Gasteiger partial charge in [0.15, 0.2) is 12.0 Å². The highest BCUT2D eigenvalue weighted by atomic mass is 16.6. The van der Waals surface area contributed by atoms with Crippen molar-refractivity contribution in [2.75, 3.05) is 13.1 Å². The number of aliphatic imine (C=N–C) groups is 1. The lowest BCUT2D eigenvalue weighted by molar-refractivity contribution is -0.155. The molecule has 1 aliphatic carbocycles. The smallest absolute Gasteiger partial charge is 0.229 e. The van der Waals surface area contributed by atoms with Crippen molar-refractivity contribution in [3.8, 4) is 0 Å². The molecule has 4 heterocycles. The molecule has 2 saturated heterocycles. The first-order chi connectivity index (χ1) is 16.2. The van der Waals surface area contributed by atoms with Crippen LogP contribution < -0.4 is 5.32 Å². The first-order valence-corrected chi connectivity index (χ1v) is 12.4. The number of aromatic nitrogens is 1. The third-order valence-corrected chi connectivity index (χ3v) is 8.33. The molecule has 4 aliphatic rings. The highest BCUT2D eigenvalue weighted by Crippen LogP contribution is 2.53. The molecular formula is C27H32N4O2. The van der Waals surface area contributed by atoms with Gasteiger partial charge < -0.3 is 15.0 Å². The van der Waals surface area contributed by atoms with Crippen LogP contribution >= 0.6 is 0 Å². The zero-order chi connectivity index (χ0) is 22.4. The van der Waals surface area contributed by atoms with E-state index in [0.29, 0.717) is 18.9 Å². The molecule has 1 N–H and O–H groups in total. The average Bonchev–Trinajstić information content (AvgIpc) is 3.32. The fourth-order valence-corrected chi connectivity index (χ4v) is 6.44. The number of hydrogen-bond donors (Lipinski definition) is 1. The van der Waals surface area contributed by atoms with Gasteiger partial charge in [-0.05, 0) is 61.4 Å².